The number of thiophene rings is 1. The van der Waals surface area contributed by atoms with Gasteiger partial charge >= 0.3 is 0 Å². The molecule has 0 atom stereocenters. The second kappa shape index (κ2) is 8.23. The van der Waals surface area contributed by atoms with Gasteiger partial charge in [0.05, 0.1) is 23.5 Å². The van der Waals surface area contributed by atoms with Gasteiger partial charge in [-0.1, -0.05) is 17.7 Å². The molecule has 0 bridgehead atoms. The molecule has 5 nitrogen and oxygen atoms in total. The van der Waals surface area contributed by atoms with Crippen molar-refractivity contribution in [3.63, 3.8) is 0 Å². The standard InChI is InChI=1S/C17H20ClNO4S2/c1-5-8-19(11-13-6-7-17(18)24-13)25(20,21)16-10-15(23-4)14(22-3)9-12(16)2/h5-7,9-10H,1,8,11H2,2-4H3. The summed E-state index contributed by atoms with van der Waals surface area (Å²) in [5, 5.41) is 0. The lowest BCUT2D eigenvalue weighted by atomic mass is 10.2. The highest BCUT2D eigenvalue weighted by atomic mass is 35.5. The van der Waals surface area contributed by atoms with Gasteiger partial charge in [0.1, 0.15) is 0 Å². The fourth-order valence-electron chi connectivity index (χ4n) is 2.38. The summed E-state index contributed by atoms with van der Waals surface area (Å²) >= 11 is 7.30. The van der Waals surface area contributed by atoms with Gasteiger partial charge in [0.25, 0.3) is 0 Å². The van der Waals surface area contributed by atoms with Crippen LogP contribution in [0.25, 0.3) is 0 Å². The van der Waals surface area contributed by atoms with Crippen LogP contribution in [0.5, 0.6) is 11.5 Å². The van der Waals surface area contributed by atoms with E-state index in [1.165, 1.54) is 35.9 Å². The normalized spacial score (nSPS) is 11.6. The van der Waals surface area contributed by atoms with Gasteiger partial charge in [0, 0.05) is 24.0 Å². The lowest BCUT2D eigenvalue weighted by Crippen LogP contribution is -2.31. The summed E-state index contributed by atoms with van der Waals surface area (Å²) < 4.78 is 38.8. The fourth-order valence-corrected chi connectivity index (χ4v) is 5.18. The Labute approximate surface area is 157 Å². The van der Waals surface area contributed by atoms with Crippen LogP contribution in [0, 0.1) is 6.92 Å². The topological polar surface area (TPSA) is 55.8 Å². The molecule has 136 valence electrons. The molecule has 0 N–H and O–H groups in total. The van der Waals surface area contributed by atoms with Crippen molar-refractivity contribution in [3.8, 4) is 11.5 Å². The number of halogens is 1. The monoisotopic (exact) mass is 401 g/mol. The van der Waals surface area contributed by atoms with E-state index in [2.05, 4.69) is 6.58 Å². The Hall–Kier alpha value is -1.54. The molecular weight excluding hydrogens is 382 g/mol. The Morgan fingerprint density at radius 1 is 1.24 bits per heavy atom. The summed E-state index contributed by atoms with van der Waals surface area (Å²) in [6.45, 7) is 5.80. The van der Waals surface area contributed by atoms with E-state index in [0.717, 1.165) is 4.88 Å². The Bertz CT molecular complexity index is 862. The van der Waals surface area contributed by atoms with E-state index in [9.17, 15) is 8.42 Å². The zero-order valence-corrected chi connectivity index (χ0v) is 16.7. The SMILES string of the molecule is C=CCN(Cc1ccc(Cl)s1)S(=O)(=O)c1cc(OC)c(OC)cc1C. The maximum atomic E-state index is 13.2. The third kappa shape index (κ3) is 4.36. The zero-order valence-electron chi connectivity index (χ0n) is 14.3. The molecule has 0 aliphatic heterocycles. The first kappa shape index (κ1) is 19.8. The van der Waals surface area contributed by atoms with Crippen molar-refractivity contribution < 1.29 is 17.9 Å². The largest absolute Gasteiger partial charge is 0.493 e. The van der Waals surface area contributed by atoms with E-state index in [1.807, 2.05) is 6.07 Å². The second-order valence-electron chi connectivity index (χ2n) is 5.26. The summed E-state index contributed by atoms with van der Waals surface area (Å²) in [7, 11) is -0.769. The third-order valence-electron chi connectivity index (χ3n) is 3.59. The van der Waals surface area contributed by atoms with Crippen LogP contribution in [0.3, 0.4) is 0 Å². The Morgan fingerprint density at radius 2 is 1.88 bits per heavy atom. The van der Waals surface area contributed by atoms with Crippen molar-refractivity contribution >= 4 is 33.0 Å². The molecule has 1 aromatic carbocycles. The van der Waals surface area contributed by atoms with Crippen molar-refractivity contribution in [3.05, 3.63) is 51.7 Å². The maximum absolute atomic E-state index is 13.2. The first-order valence-electron chi connectivity index (χ1n) is 7.41. The van der Waals surface area contributed by atoms with Gasteiger partial charge < -0.3 is 9.47 Å². The molecule has 2 rings (SSSR count). The van der Waals surface area contributed by atoms with Gasteiger partial charge in [-0.3, -0.25) is 0 Å². The van der Waals surface area contributed by atoms with Gasteiger partial charge in [-0.05, 0) is 30.7 Å². The van der Waals surface area contributed by atoms with Crippen LogP contribution in [0.1, 0.15) is 10.4 Å². The Balaban J connectivity index is 2.47. The fraction of sp³-hybridized carbons (Fsp3) is 0.294. The number of sulfonamides is 1. The van der Waals surface area contributed by atoms with Gasteiger partial charge in [-0.15, -0.1) is 17.9 Å². The van der Waals surface area contributed by atoms with E-state index in [0.29, 0.717) is 21.4 Å². The minimum absolute atomic E-state index is 0.176. The average molecular weight is 402 g/mol. The summed E-state index contributed by atoms with van der Waals surface area (Å²) in [5.41, 5.74) is 0.580. The average Bonchev–Trinajstić information content (AvgIpc) is 2.99. The van der Waals surface area contributed by atoms with Crippen molar-refractivity contribution in [2.45, 2.75) is 18.4 Å². The van der Waals surface area contributed by atoms with Crippen LogP contribution in [-0.2, 0) is 16.6 Å². The van der Waals surface area contributed by atoms with Crippen LogP contribution in [0.2, 0.25) is 4.34 Å². The highest BCUT2D eigenvalue weighted by Crippen LogP contribution is 2.34. The van der Waals surface area contributed by atoms with Gasteiger partial charge in [0.15, 0.2) is 11.5 Å². The molecule has 25 heavy (non-hydrogen) atoms. The molecule has 0 amide bonds. The number of rotatable bonds is 8. The molecule has 1 aromatic heterocycles. The van der Waals surface area contributed by atoms with E-state index >= 15 is 0 Å². The third-order valence-corrected chi connectivity index (χ3v) is 6.76. The number of hydrogen-bond donors (Lipinski definition) is 0. The first-order chi connectivity index (χ1) is 11.8. The highest BCUT2D eigenvalue weighted by molar-refractivity contribution is 7.89. The summed E-state index contributed by atoms with van der Waals surface area (Å²) in [6.07, 6.45) is 1.56. The number of hydrogen-bond acceptors (Lipinski definition) is 5. The Morgan fingerprint density at radius 3 is 2.40 bits per heavy atom. The summed E-state index contributed by atoms with van der Waals surface area (Å²) in [4.78, 5) is 1.03. The number of benzene rings is 1. The van der Waals surface area contributed by atoms with Crippen LogP contribution in [0.4, 0.5) is 0 Å². The molecule has 0 radical (unpaired) electrons. The molecule has 0 saturated carbocycles. The Kier molecular flexibility index (Phi) is 6.51. The number of aryl methyl sites for hydroxylation is 1. The molecule has 0 fully saturated rings. The molecule has 1 heterocycles. The quantitative estimate of drug-likeness (QED) is 0.625. The maximum Gasteiger partial charge on any atom is 0.244 e. The molecule has 8 heteroatoms. The first-order valence-corrected chi connectivity index (χ1v) is 10.0. The molecule has 0 aliphatic carbocycles. The lowest BCUT2D eigenvalue weighted by molar-refractivity contribution is 0.353. The highest BCUT2D eigenvalue weighted by Gasteiger charge is 2.27. The van der Waals surface area contributed by atoms with Gasteiger partial charge in [-0.2, -0.15) is 4.31 Å². The van der Waals surface area contributed by atoms with E-state index in [4.69, 9.17) is 21.1 Å². The molecule has 2 aromatic rings. The second-order valence-corrected chi connectivity index (χ2v) is 8.97. The van der Waals surface area contributed by atoms with Gasteiger partial charge in [-0.25, -0.2) is 8.42 Å². The van der Waals surface area contributed by atoms with Crippen molar-refractivity contribution in [2.75, 3.05) is 20.8 Å². The summed E-state index contributed by atoms with van der Waals surface area (Å²) in [6, 6.07) is 6.71. The van der Waals surface area contributed by atoms with Crippen molar-refractivity contribution in [1.82, 2.24) is 4.31 Å². The van der Waals surface area contributed by atoms with Crippen LogP contribution < -0.4 is 9.47 Å². The molecule has 0 saturated heterocycles. The van der Waals surface area contributed by atoms with Crippen molar-refractivity contribution in [1.29, 1.82) is 0 Å². The molecule has 0 spiro atoms. The van der Waals surface area contributed by atoms with Gasteiger partial charge in [0.2, 0.25) is 10.0 Å². The van der Waals surface area contributed by atoms with Crippen molar-refractivity contribution in [2.24, 2.45) is 0 Å². The zero-order chi connectivity index (χ0) is 18.6. The number of nitrogens with zero attached hydrogens (tertiary/aromatic N) is 1. The molecule has 0 unspecified atom stereocenters. The number of methoxy groups -OCH3 is 2. The predicted molar refractivity (Wildman–Crippen MR) is 101 cm³/mol. The smallest absolute Gasteiger partial charge is 0.244 e. The van der Waals surface area contributed by atoms with Crippen LogP contribution >= 0.6 is 22.9 Å². The van der Waals surface area contributed by atoms with E-state index in [-0.39, 0.29) is 18.0 Å². The summed E-state index contributed by atoms with van der Waals surface area (Å²) in [5.74, 6) is 0.851. The predicted octanol–water partition coefficient (Wildman–Crippen LogP) is 4.10. The molecular formula is C17H20ClNO4S2. The van der Waals surface area contributed by atoms with Crippen LogP contribution in [-0.4, -0.2) is 33.5 Å². The molecule has 0 aliphatic rings. The van der Waals surface area contributed by atoms with E-state index < -0.39 is 10.0 Å². The van der Waals surface area contributed by atoms with Crippen LogP contribution in [0.15, 0.2) is 41.8 Å². The number of ether oxygens (including phenoxy) is 2. The minimum atomic E-state index is -3.75. The minimum Gasteiger partial charge on any atom is -0.493 e. The lowest BCUT2D eigenvalue weighted by Gasteiger charge is -2.22. The van der Waals surface area contributed by atoms with E-state index in [1.54, 1.807) is 25.1 Å².